The van der Waals surface area contributed by atoms with Crippen LogP contribution < -0.4 is 24.6 Å². The monoisotopic (exact) mass is 385 g/mol. The minimum absolute atomic E-state index is 0.0870. The molecule has 6 nitrogen and oxygen atoms in total. The summed E-state index contributed by atoms with van der Waals surface area (Å²) in [5.41, 5.74) is 3.27. The van der Waals surface area contributed by atoms with E-state index in [1.807, 2.05) is 37.3 Å². The molecule has 1 aliphatic heterocycles. The summed E-state index contributed by atoms with van der Waals surface area (Å²) in [6.45, 7) is 7.64. The van der Waals surface area contributed by atoms with E-state index in [1.54, 1.807) is 14.2 Å². The van der Waals surface area contributed by atoms with Gasteiger partial charge >= 0.3 is 0 Å². The van der Waals surface area contributed by atoms with Gasteiger partial charge in [-0.25, -0.2) is 0 Å². The third-order valence-corrected chi connectivity index (χ3v) is 5.28. The first-order valence-corrected chi connectivity index (χ1v) is 9.82. The van der Waals surface area contributed by atoms with Crippen LogP contribution >= 0.6 is 0 Å². The second-order valence-electron chi connectivity index (χ2n) is 7.46. The van der Waals surface area contributed by atoms with Gasteiger partial charge in [-0.15, -0.1) is 0 Å². The predicted molar refractivity (Wildman–Crippen MR) is 109 cm³/mol. The maximum Gasteiger partial charge on any atom is 0.279 e. The number of benzene rings is 2. The molecule has 0 bridgehead atoms. The third kappa shape index (κ3) is 5.47. The number of carbonyl (C=O) groups excluding carboxylic acids is 1. The van der Waals surface area contributed by atoms with Crippen molar-refractivity contribution in [3.8, 4) is 11.5 Å². The maximum absolute atomic E-state index is 12.3. The van der Waals surface area contributed by atoms with Crippen LogP contribution in [0.4, 0.5) is 5.69 Å². The van der Waals surface area contributed by atoms with Crippen molar-refractivity contribution in [1.29, 1.82) is 0 Å². The summed E-state index contributed by atoms with van der Waals surface area (Å²) < 4.78 is 10.7. The van der Waals surface area contributed by atoms with E-state index in [9.17, 15) is 4.79 Å². The molecule has 0 aromatic heterocycles. The summed E-state index contributed by atoms with van der Waals surface area (Å²) in [7, 11) is 3.32. The highest BCUT2D eigenvalue weighted by Crippen LogP contribution is 2.27. The van der Waals surface area contributed by atoms with Gasteiger partial charge in [-0.3, -0.25) is 4.79 Å². The third-order valence-electron chi connectivity index (χ3n) is 5.28. The van der Waals surface area contributed by atoms with Gasteiger partial charge in [0.25, 0.3) is 5.91 Å². The largest absolute Gasteiger partial charge is 0.493 e. The topological polar surface area (TPSA) is 56.4 Å². The number of hydrogen-bond donors (Lipinski definition) is 3. The zero-order chi connectivity index (χ0) is 19.9. The summed E-state index contributed by atoms with van der Waals surface area (Å²) >= 11 is 0. The fourth-order valence-corrected chi connectivity index (χ4v) is 3.74. The Bertz CT molecular complexity index is 801. The minimum Gasteiger partial charge on any atom is -0.493 e. The quantitative estimate of drug-likeness (QED) is 0.626. The molecule has 2 aromatic rings. The van der Waals surface area contributed by atoms with E-state index < -0.39 is 0 Å². The Hall–Kier alpha value is -2.57. The fourth-order valence-electron chi connectivity index (χ4n) is 3.74. The van der Waals surface area contributed by atoms with Gasteiger partial charge in [0.1, 0.15) is 32.7 Å². The van der Waals surface area contributed by atoms with Crippen molar-refractivity contribution in [2.45, 2.75) is 13.5 Å². The molecule has 0 aliphatic carbocycles. The van der Waals surface area contributed by atoms with Crippen LogP contribution in [0, 0.1) is 6.92 Å². The number of quaternary nitrogens is 2. The SMILES string of the molecule is COc1ccc(C[NH+]2CC[NH+](CC(=O)Nc3cccc(C)c3)CC2)cc1OC. The number of methoxy groups -OCH3 is 2. The highest BCUT2D eigenvalue weighted by molar-refractivity contribution is 5.91. The molecule has 1 saturated heterocycles. The first-order valence-electron chi connectivity index (χ1n) is 9.82. The summed E-state index contributed by atoms with van der Waals surface area (Å²) in [4.78, 5) is 15.2. The van der Waals surface area contributed by atoms with Crippen molar-refractivity contribution in [2.24, 2.45) is 0 Å². The molecule has 3 rings (SSSR count). The summed E-state index contributed by atoms with van der Waals surface area (Å²) in [5, 5.41) is 3.01. The number of carbonyl (C=O) groups is 1. The van der Waals surface area contributed by atoms with E-state index in [0.717, 1.165) is 55.5 Å². The lowest BCUT2D eigenvalue weighted by Gasteiger charge is -2.29. The first kappa shape index (κ1) is 20.2. The van der Waals surface area contributed by atoms with Gasteiger partial charge in [0.15, 0.2) is 18.0 Å². The highest BCUT2D eigenvalue weighted by Gasteiger charge is 2.25. The van der Waals surface area contributed by atoms with E-state index in [-0.39, 0.29) is 5.91 Å². The van der Waals surface area contributed by atoms with Crippen molar-refractivity contribution in [3.63, 3.8) is 0 Å². The molecule has 28 heavy (non-hydrogen) atoms. The number of ether oxygens (including phenoxy) is 2. The Morgan fingerprint density at radius 2 is 1.68 bits per heavy atom. The van der Waals surface area contributed by atoms with E-state index in [0.29, 0.717) is 6.54 Å². The van der Waals surface area contributed by atoms with Crippen LogP contribution in [0.25, 0.3) is 0 Å². The molecule has 6 heteroatoms. The summed E-state index contributed by atoms with van der Waals surface area (Å²) in [6, 6.07) is 14.0. The second kappa shape index (κ2) is 9.57. The Labute approximate surface area is 167 Å². The average Bonchev–Trinajstić information content (AvgIpc) is 2.69. The molecule has 150 valence electrons. The van der Waals surface area contributed by atoms with Crippen LogP contribution in [-0.4, -0.2) is 52.9 Å². The molecule has 0 unspecified atom stereocenters. The van der Waals surface area contributed by atoms with Crippen LogP contribution in [0.15, 0.2) is 42.5 Å². The minimum atomic E-state index is 0.0870. The smallest absolute Gasteiger partial charge is 0.279 e. The van der Waals surface area contributed by atoms with Gasteiger partial charge in [-0.1, -0.05) is 12.1 Å². The van der Waals surface area contributed by atoms with Crippen molar-refractivity contribution >= 4 is 11.6 Å². The van der Waals surface area contributed by atoms with Crippen LogP contribution in [0.5, 0.6) is 11.5 Å². The van der Waals surface area contributed by atoms with E-state index in [4.69, 9.17) is 9.47 Å². The molecule has 0 atom stereocenters. The van der Waals surface area contributed by atoms with Gasteiger partial charge in [0.05, 0.1) is 14.2 Å². The van der Waals surface area contributed by atoms with E-state index in [2.05, 4.69) is 17.4 Å². The van der Waals surface area contributed by atoms with Crippen molar-refractivity contribution in [3.05, 3.63) is 53.6 Å². The Morgan fingerprint density at radius 3 is 2.36 bits per heavy atom. The van der Waals surface area contributed by atoms with Crippen molar-refractivity contribution in [1.82, 2.24) is 0 Å². The van der Waals surface area contributed by atoms with Gasteiger partial charge in [0.2, 0.25) is 0 Å². The number of anilines is 1. The number of piperazine rings is 1. The van der Waals surface area contributed by atoms with Crippen molar-refractivity contribution < 1.29 is 24.1 Å². The molecule has 1 amide bonds. The number of aryl methyl sites for hydroxylation is 1. The van der Waals surface area contributed by atoms with Crippen LogP contribution in [0.2, 0.25) is 0 Å². The van der Waals surface area contributed by atoms with Crippen molar-refractivity contribution in [2.75, 3.05) is 52.3 Å². The van der Waals surface area contributed by atoms with Crippen LogP contribution in [-0.2, 0) is 11.3 Å². The van der Waals surface area contributed by atoms with Crippen LogP contribution in [0.3, 0.4) is 0 Å². The van der Waals surface area contributed by atoms with E-state index >= 15 is 0 Å². The standard InChI is InChI=1S/C22H29N3O3/c1-17-5-4-6-19(13-17)23-22(26)16-25-11-9-24(10-12-25)15-18-7-8-20(27-2)21(14-18)28-3/h4-8,13-14H,9-12,15-16H2,1-3H3,(H,23,26)/p+2. The van der Waals surface area contributed by atoms with E-state index in [1.165, 1.54) is 15.4 Å². The number of hydrogen-bond acceptors (Lipinski definition) is 3. The lowest BCUT2D eigenvalue weighted by atomic mass is 10.1. The molecular weight excluding hydrogens is 354 g/mol. The molecule has 0 radical (unpaired) electrons. The molecule has 3 N–H and O–H groups in total. The molecule has 0 saturated carbocycles. The number of nitrogens with one attached hydrogen (secondary N) is 3. The molecular formula is C22H31N3O3+2. The van der Waals surface area contributed by atoms with Crippen LogP contribution in [0.1, 0.15) is 11.1 Å². The van der Waals surface area contributed by atoms with Gasteiger partial charge in [0, 0.05) is 11.3 Å². The Morgan fingerprint density at radius 1 is 0.964 bits per heavy atom. The predicted octanol–water partition coefficient (Wildman–Crippen LogP) is -0.0657. The fraction of sp³-hybridized carbons (Fsp3) is 0.409. The molecule has 1 heterocycles. The summed E-state index contributed by atoms with van der Waals surface area (Å²) in [5.74, 6) is 1.62. The molecule has 0 spiro atoms. The average molecular weight is 386 g/mol. The number of amides is 1. The lowest BCUT2D eigenvalue weighted by molar-refractivity contribution is -1.02. The lowest BCUT2D eigenvalue weighted by Crippen LogP contribution is -3.28. The normalized spacial score (nSPS) is 19.1. The molecule has 1 aliphatic rings. The molecule has 1 fully saturated rings. The maximum atomic E-state index is 12.3. The Kier molecular flexibility index (Phi) is 6.90. The first-order chi connectivity index (χ1) is 13.6. The second-order valence-corrected chi connectivity index (χ2v) is 7.46. The van der Waals surface area contributed by atoms with Gasteiger partial charge in [-0.05, 0) is 42.8 Å². The Balaban J connectivity index is 1.46. The van der Waals surface area contributed by atoms with Gasteiger partial charge < -0.3 is 24.6 Å². The highest BCUT2D eigenvalue weighted by atomic mass is 16.5. The zero-order valence-electron chi connectivity index (χ0n) is 17.0. The van der Waals surface area contributed by atoms with Gasteiger partial charge in [-0.2, -0.15) is 0 Å². The number of rotatable bonds is 7. The zero-order valence-corrected chi connectivity index (χ0v) is 17.0. The summed E-state index contributed by atoms with van der Waals surface area (Å²) in [6.07, 6.45) is 0. The molecule has 2 aromatic carbocycles.